The normalized spacial score (nSPS) is 10.7. The second-order valence-electron chi connectivity index (χ2n) is 6.63. The Morgan fingerprint density at radius 1 is 1.17 bits per heavy atom. The number of aryl methyl sites for hydroxylation is 2. The number of rotatable bonds is 6. The molecule has 150 valence electrons. The number of nitrogens with one attached hydrogen (secondary N) is 1. The van der Waals surface area contributed by atoms with Crippen LogP contribution in [0.15, 0.2) is 42.5 Å². The van der Waals surface area contributed by atoms with Crippen LogP contribution in [0.4, 0.5) is 10.2 Å². The van der Waals surface area contributed by atoms with Crippen LogP contribution in [0.2, 0.25) is 0 Å². The Morgan fingerprint density at radius 3 is 2.48 bits per heavy atom. The maximum Gasteiger partial charge on any atom is 0.254 e. The number of hydrogen-bond donors (Lipinski definition) is 3. The van der Waals surface area contributed by atoms with Crippen LogP contribution in [0, 0.1) is 12.7 Å². The quantitative estimate of drug-likeness (QED) is 0.595. The fraction of sp³-hybridized carbons (Fsp3) is 0.190. The molecule has 0 atom stereocenters. The average molecular weight is 395 g/mol. The first-order valence-corrected chi connectivity index (χ1v) is 9.11. The van der Waals surface area contributed by atoms with Crippen molar-refractivity contribution in [3.63, 3.8) is 0 Å². The van der Waals surface area contributed by atoms with E-state index < -0.39 is 11.7 Å². The van der Waals surface area contributed by atoms with Gasteiger partial charge in [-0.2, -0.15) is 5.10 Å². The number of carbonyl (C=O) groups is 2. The van der Waals surface area contributed by atoms with Gasteiger partial charge in [0.15, 0.2) is 0 Å². The molecule has 1 heterocycles. The molecule has 7 nitrogen and oxygen atoms in total. The summed E-state index contributed by atoms with van der Waals surface area (Å²) in [6.07, 6.45) is 0. The summed E-state index contributed by atoms with van der Waals surface area (Å²) < 4.78 is 14.9. The first kappa shape index (κ1) is 20.1. The number of carbonyl (C=O) groups excluding carboxylic acids is 2. The van der Waals surface area contributed by atoms with Crippen molar-refractivity contribution in [3.05, 3.63) is 70.5 Å². The Bertz CT molecular complexity index is 1070. The molecule has 0 saturated heterocycles. The highest BCUT2D eigenvalue weighted by Gasteiger charge is 2.20. The first-order chi connectivity index (χ1) is 13.8. The third kappa shape index (κ3) is 4.11. The highest BCUT2D eigenvalue weighted by Crippen LogP contribution is 2.27. The van der Waals surface area contributed by atoms with Gasteiger partial charge >= 0.3 is 0 Å². The minimum atomic E-state index is -0.640. The van der Waals surface area contributed by atoms with E-state index in [0.29, 0.717) is 28.9 Å². The van der Waals surface area contributed by atoms with E-state index in [1.165, 1.54) is 16.8 Å². The van der Waals surface area contributed by atoms with Crippen LogP contribution in [0.25, 0.3) is 11.3 Å². The second kappa shape index (κ2) is 8.14. The molecule has 3 rings (SSSR count). The van der Waals surface area contributed by atoms with Crippen LogP contribution in [0.1, 0.15) is 38.8 Å². The van der Waals surface area contributed by atoms with Gasteiger partial charge in [0, 0.05) is 24.2 Å². The van der Waals surface area contributed by atoms with Crippen LogP contribution < -0.4 is 16.8 Å². The van der Waals surface area contributed by atoms with Crippen LogP contribution in [0.5, 0.6) is 0 Å². The summed E-state index contributed by atoms with van der Waals surface area (Å²) in [5.41, 5.74) is 14.6. The number of hydrogen-bond acceptors (Lipinski definition) is 4. The molecular weight excluding hydrogens is 373 g/mol. The second-order valence-corrected chi connectivity index (χ2v) is 6.63. The van der Waals surface area contributed by atoms with Crippen molar-refractivity contribution in [2.24, 2.45) is 5.73 Å². The number of nitrogens with two attached hydrogens (primary N) is 2. The number of halogens is 1. The average Bonchev–Trinajstić information content (AvgIpc) is 3.05. The summed E-state index contributed by atoms with van der Waals surface area (Å²) in [6.45, 7) is 4.39. The molecule has 0 unspecified atom stereocenters. The lowest BCUT2D eigenvalue weighted by molar-refractivity contribution is 0.0948. The molecule has 8 heteroatoms. The van der Waals surface area contributed by atoms with Gasteiger partial charge in [-0.05, 0) is 37.1 Å². The van der Waals surface area contributed by atoms with Crippen LogP contribution >= 0.6 is 0 Å². The third-order valence-corrected chi connectivity index (χ3v) is 4.66. The van der Waals surface area contributed by atoms with E-state index in [1.54, 1.807) is 37.3 Å². The zero-order valence-corrected chi connectivity index (χ0v) is 16.2. The summed E-state index contributed by atoms with van der Waals surface area (Å²) in [5.74, 6) is -1.21. The van der Waals surface area contributed by atoms with E-state index >= 15 is 0 Å². The largest absolute Gasteiger partial charge is 0.383 e. The third-order valence-electron chi connectivity index (χ3n) is 4.66. The number of anilines is 1. The molecule has 29 heavy (non-hydrogen) atoms. The van der Waals surface area contributed by atoms with Gasteiger partial charge in [-0.25, -0.2) is 9.07 Å². The van der Waals surface area contributed by atoms with Gasteiger partial charge in [0.05, 0.1) is 0 Å². The molecule has 0 fully saturated rings. The first-order valence-electron chi connectivity index (χ1n) is 9.11. The lowest BCUT2D eigenvalue weighted by Crippen LogP contribution is -2.23. The van der Waals surface area contributed by atoms with E-state index in [-0.39, 0.29) is 23.8 Å². The van der Waals surface area contributed by atoms with Crippen molar-refractivity contribution in [2.45, 2.75) is 26.9 Å². The summed E-state index contributed by atoms with van der Waals surface area (Å²) in [7, 11) is 0. The molecule has 1 aromatic heterocycles. The Morgan fingerprint density at radius 2 is 1.86 bits per heavy atom. The fourth-order valence-corrected chi connectivity index (χ4v) is 3.06. The van der Waals surface area contributed by atoms with Crippen molar-refractivity contribution in [1.82, 2.24) is 15.1 Å². The molecule has 5 N–H and O–H groups in total. The zero-order chi connectivity index (χ0) is 21.1. The Kier molecular flexibility index (Phi) is 5.63. The summed E-state index contributed by atoms with van der Waals surface area (Å²) in [4.78, 5) is 24.1. The summed E-state index contributed by atoms with van der Waals surface area (Å²) >= 11 is 0. The maximum atomic E-state index is 13.4. The van der Waals surface area contributed by atoms with E-state index in [2.05, 4.69) is 10.4 Å². The van der Waals surface area contributed by atoms with Crippen molar-refractivity contribution < 1.29 is 14.0 Å². The molecule has 0 bridgehead atoms. The van der Waals surface area contributed by atoms with E-state index in [4.69, 9.17) is 11.5 Å². The summed E-state index contributed by atoms with van der Waals surface area (Å²) in [6, 6.07) is 11.3. The number of aromatic nitrogens is 2. The van der Waals surface area contributed by atoms with Crippen LogP contribution in [-0.2, 0) is 13.1 Å². The number of nitrogen functional groups attached to an aromatic ring is 1. The predicted octanol–water partition coefficient (Wildman–Crippen LogP) is 2.63. The van der Waals surface area contributed by atoms with Crippen molar-refractivity contribution in [3.8, 4) is 11.3 Å². The van der Waals surface area contributed by atoms with Crippen molar-refractivity contribution >= 4 is 17.6 Å². The molecule has 0 aliphatic carbocycles. The van der Waals surface area contributed by atoms with Crippen LogP contribution in [0.3, 0.4) is 0 Å². The topological polar surface area (TPSA) is 116 Å². The Labute approximate surface area is 167 Å². The highest BCUT2D eigenvalue weighted by atomic mass is 19.1. The minimum absolute atomic E-state index is 0.189. The van der Waals surface area contributed by atoms with Gasteiger partial charge < -0.3 is 16.8 Å². The minimum Gasteiger partial charge on any atom is -0.383 e. The van der Waals surface area contributed by atoms with Crippen molar-refractivity contribution in [1.29, 1.82) is 0 Å². The molecule has 2 aromatic carbocycles. The maximum absolute atomic E-state index is 13.4. The Hall–Kier alpha value is -3.68. The van der Waals surface area contributed by atoms with Gasteiger partial charge in [-0.3, -0.25) is 9.59 Å². The lowest BCUT2D eigenvalue weighted by atomic mass is 10.0. The number of benzene rings is 2. The molecule has 0 saturated carbocycles. The summed E-state index contributed by atoms with van der Waals surface area (Å²) in [5, 5.41) is 7.14. The molecule has 3 aromatic rings. The fourth-order valence-electron chi connectivity index (χ4n) is 3.06. The van der Waals surface area contributed by atoms with Gasteiger partial charge in [-0.1, -0.05) is 30.3 Å². The number of amides is 2. The van der Waals surface area contributed by atoms with E-state index in [0.717, 1.165) is 5.56 Å². The highest BCUT2D eigenvalue weighted by molar-refractivity contribution is 6.03. The van der Waals surface area contributed by atoms with Crippen molar-refractivity contribution in [2.75, 3.05) is 5.73 Å². The van der Waals surface area contributed by atoms with Gasteiger partial charge in [-0.15, -0.1) is 0 Å². The zero-order valence-electron chi connectivity index (χ0n) is 16.2. The Balaban J connectivity index is 1.77. The van der Waals surface area contributed by atoms with Gasteiger partial charge in [0.25, 0.3) is 11.8 Å². The molecule has 0 spiro atoms. The standard InChI is InChI=1S/C21H22FN5O2/c1-3-27-19(23)17(20(24)28)18(26-27)14-7-5-13(6-8-14)11-25-21(29)16-10-15(22)9-4-12(16)2/h4-10H,3,11,23H2,1-2H3,(H2,24,28)(H,25,29). The smallest absolute Gasteiger partial charge is 0.254 e. The van der Waals surface area contributed by atoms with Gasteiger partial charge in [0.2, 0.25) is 0 Å². The van der Waals surface area contributed by atoms with E-state index in [1.807, 2.05) is 6.92 Å². The molecule has 0 aliphatic heterocycles. The number of nitrogens with zero attached hydrogens (tertiary/aromatic N) is 2. The SMILES string of the molecule is CCn1nc(-c2ccc(CNC(=O)c3cc(F)ccc3C)cc2)c(C(N)=O)c1N. The molecule has 0 aliphatic rings. The predicted molar refractivity (Wildman–Crippen MR) is 109 cm³/mol. The van der Waals surface area contributed by atoms with Crippen LogP contribution in [-0.4, -0.2) is 21.6 Å². The van der Waals surface area contributed by atoms with Gasteiger partial charge in [0.1, 0.15) is 22.9 Å². The lowest BCUT2D eigenvalue weighted by Gasteiger charge is -2.08. The number of primary amides is 1. The molecular formula is C21H22FN5O2. The monoisotopic (exact) mass is 395 g/mol. The van der Waals surface area contributed by atoms with E-state index in [9.17, 15) is 14.0 Å². The molecule has 0 radical (unpaired) electrons. The molecule has 2 amide bonds.